The molecular weight excluding hydrogens is 250 g/mol. The molecule has 0 saturated carbocycles. The van der Waals surface area contributed by atoms with E-state index in [0.29, 0.717) is 5.96 Å². The van der Waals surface area contributed by atoms with Crippen LogP contribution in [-0.2, 0) is 4.79 Å². The van der Waals surface area contributed by atoms with Crippen molar-refractivity contribution >= 4 is 34.0 Å². The third-order valence-corrected chi connectivity index (χ3v) is 3.37. The van der Waals surface area contributed by atoms with Crippen LogP contribution in [0.5, 0.6) is 0 Å². The number of anilines is 1. The molecule has 102 valence electrons. The summed E-state index contributed by atoms with van der Waals surface area (Å²) in [5.74, 6) is 0.516. The van der Waals surface area contributed by atoms with Crippen LogP contribution in [0.3, 0.4) is 0 Å². The van der Waals surface area contributed by atoms with Crippen LogP contribution in [0.2, 0.25) is 0 Å². The van der Waals surface area contributed by atoms with Crippen LogP contribution >= 0.6 is 0 Å². The molecule has 1 aliphatic heterocycles. The van der Waals surface area contributed by atoms with E-state index in [0.717, 1.165) is 29.7 Å². The molecule has 3 rings (SSSR count). The topological polar surface area (TPSA) is 44.7 Å². The van der Waals surface area contributed by atoms with Gasteiger partial charge in [0.15, 0.2) is 0 Å². The summed E-state index contributed by atoms with van der Waals surface area (Å²) in [6.07, 6.45) is 0.983. The van der Waals surface area contributed by atoms with E-state index in [1.807, 2.05) is 18.2 Å². The Balaban J connectivity index is 2.21. The zero-order valence-corrected chi connectivity index (χ0v) is 11.7. The van der Waals surface area contributed by atoms with Crippen LogP contribution in [0.15, 0.2) is 41.4 Å². The smallest absolute Gasteiger partial charge is 0.223 e. The van der Waals surface area contributed by atoms with E-state index in [1.54, 1.807) is 0 Å². The predicted octanol–water partition coefficient (Wildman–Crippen LogP) is 3.19. The summed E-state index contributed by atoms with van der Waals surface area (Å²) >= 11 is 0. The van der Waals surface area contributed by atoms with E-state index < -0.39 is 0 Å². The minimum atomic E-state index is -0.101. The van der Waals surface area contributed by atoms with Crippen LogP contribution in [-0.4, -0.2) is 18.4 Å². The summed E-state index contributed by atoms with van der Waals surface area (Å²) < 4.78 is 0. The number of hydrogen-bond donors (Lipinski definition) is 1. The van der Waals surface area contributed by atoms with E-state index in [2.05, 4.69) is 40.3 Å². The van der Waals surface area contributed by atoms with Gasteiger partial charge in [-0.05, 0) is 23.9 Å². The fraction of sp³-hybridized carbons (Fsp3) is 0.250. The lowest BCUT2D eigenvalue weighted by molar-refractivity contribution is -0.117. The lowest BCUT2D eigenvalue weighted by Crippen LogP contribution is -2.44. The van der Waals surface area contributed by atoms with E-state index in [1.165, 1.54) is 12.3 Å². The molecule has 0 atom stereocenters. The minimum absolute atomic E-state index is 0.101. The Hall–Kier alpha value is -2.36. The van der Waals surface area contributed by atoms with Crippen LogP contribution in [0, 0.1) is 0 Å². The highest BCUT2D eigenvalue weighted by Crippen LogP contribution is 2.38. The molecule has 4 heteroatoms. The van der Waals surface area contributed by atoms with Crippen molar-refractivity contribution < 1.29 is 4.79 Å². The van der Waals surface area contributed by atoms with Crippen molar-refractivity contribution in [1.82, 2.24) is 5.32 Å². The van der Waals surface area contributed by atoms with Crippen LogP contribution < -0.4 is 10.2 Å². The summed E-state index contributed by atoms with van der Waals surface area (Å²) in [5, 5.41) is 5.16. The summed E-state index contributed by atoms with van der Waals surface area (Å²) in [4.78, 5) is 18.1. The van der Waals surface area contributed by atoms with Crippen molar-refractivity contribution in [2.24, 2.45) is 4.99 Å². The number of hydrogen-bond acceptors (Lipinski definition) is 3. The Bertz CT molecular complexity index is 701. The van der Waals surface area contributed by atoms with Gasteiger partial charge in [-0.15, -0.1) is 0 Å². The normalized spacial score (nSPS) is 13.3. The number of carbonyl (C=O) groups excluding carboxylic acids is 1. The molecule has 1 amide bonds. The largest absolute Gasteiger partial charge is 0.311 e. The highest BCUT2D eigenvalue weighted by molar-refractivity contribution is 6.16. The Labute approximate surface area is 118 Å². The Morgan fingerprint density at radius 2 is 2.00 bits per heavy atom. The summed E-state index contributed by atoms with van der Waals surface area (Å²) in [6.45, 7) is 4.45. The first-order valence-corrected chi connectivity index (χ1v) is 6.86. The molecule has 0 unspecified atom stereocenters. The van der Waals surface area contributed by atoms with Gasteiger partial charge in [0.25, 0.3) is 0 Å². The second kappa shape index (κ2) is 4.96. The van der Waals surface area contributed by atoms with Crippen LogP contribution in [0.25, 0.3) is 10.8 Å². The van der Waals surface area contributed by atoms with Crippen LogP contribution in [0.1, 0.15) is 20.3 Å². The van der Waals surface area contributed by atoms with E-state index >= 15 is 0 Å². The quantitative estimate of drug-likeness (QED) is 0.908. The molecule has 0 spiro atoms. The number of aliphatic imine (C=N–C) groups is 1. The van der Waals surface area contributed by atoms with Crippen molar-refractivity contribution in [1.29, 1.82) is 0 Å². The number of nitrogens with one attached hydrogen (secondary N) is 1. The van der Waals surface area contributed by atoms with Gasteiger partial charge < -0.3 is 4.90 Å². The first kappa shape index (κ1) is 12.7. The molecule has 1 heterocycles. The highest BCUT2D eigenvalue weighted by atomic mass is 16.1. The molecule has 0 aromatic heterocycles. The van der Waals surface area contributed by atoms with Gasteiger partial charge in [0.05, 0.1) is 11.4 Å². The Morgan fingerprint density at radius 1 is 1.25 bits per heavy atom. The maximum Gasteiger partial charge on any atom is 0.223 e. The van der Waals surface area contributed by atoms with Crippen molar-refractivity contribution in [2.75, 3.05) is 11.4 Å². The number of nitrogens with zero attached hydrogens (tertiary/aromatic N) is 2. The van der Waals surface area contributed by atoms with Crippen molar-refractivity contribution in [3.63, 3.8) is 0 Å². The number of benzene rings is 2. The van der Waals surface area contributed by atoms with Gasteiger partial charge in [-0.25, -0.2) is 4.99 Å². The van der Waals surface area contributed by atoms with Gasteiger partial charge in [0.2, 0.25) is 11.9 Å². The highest BCUT2D eigenvalue weighted by Gasteiger charge is 2.22. The maximum atomic E-state index is 11.4. The average Bonchev–Trinajstić information content (AvgIpc) is 2.42. The molecule has 20 heavy (non-hydrogen) atoms. The molecule has 0 aliphatic carbocycles. The van der Waals surface area contributed by atoms with Gasteiger partial charge in [-0.1, -0.05) is 31.2 Å². The Morgan fingerprint density at radius 3 is 2.70 bits per heavy atom. The zero-order valence-electron chi connectivity index (χ0n) is 11.7. The van der Waals surface area contributed by atoms with Crippen LogP contribution in [0.4, 0.5) is 11.4 Å². The monoisotopic (exact) mass is 267 g/mol. The molecule has 0 fully saturated rings. The summed E-state index contributed by atoms with van der Waals surface area (Å²) in [5.41, 5.74) is 2.02. The number of carbonyl (C=O) groups is 1. The van der Waals surface area contributed by atoms with Gasteiger partial charge in [-0.2, -0.15) is 0 Å². The molecule has 1 N–H and O–H groups in total. The van der Waals surface area contributed by atoms with Gasteiger partial charge in [0, 0.05) is 18.9 Å². The number of rotatable bonds is 2. The number of guanidine groups is 1. The molecule has 2 aromatic carbocycles. The molecule has 4 nitrogen and oxygen atoms in total. The Kier molecular flexibility index (Phi) is 3.14. The first-order chi connectivity index (χ1) is 9.70. The van der Waals surface area contributed by atoms with E-state index in [-0.39, 0.29) is 5.91 Å². The fourth-order valence-corrected chi connectivity index (χ4v) is 2.61. The molecular formula is C16H17N3O. The lowest BCUT2D eigenvalue weighted by Gasteiger charge is -2.30. The zero-order chi connectivity index (χ0) is 14.1. The SMILES string of the molecule is CCCN1C(NC(C)=O)=Nc2cccc3cccc1c23. The molecule has 0 saturated heterocycles. The van der Waals surface area contributed by atoms with Crippen molar-refractivity contribution in [3.8, 4) is 0 Å². The minimum Gasteiger partial charge on any atom is -0.311 e. The van der Waals surface area contributed by atoms with Gasteiger partial charge in [-0.3, -0.25) is 10.1 Å². The maximum absolute atomic E-state index is 11.4. The summed E-state index contributed by atoms with van der Waals surface area (Å²) in [6, 6.07) is 12.3. The van der Waals surface area contributed by atoms with E-state index in [9.17, 15) is 4.79 Å². The lowest BCUT2D eigenvalue weighted by atomic mass is 10.0. The van der Waals surface area contributed by atoms with Gasteiger partial charge in [0.1, 0.15) is 0 Å². The van der Waals surface area contributed by atoms with Crippen molar-refractivity contribution in [2.45, 2.75) is 20.3 Å². The average molecular weight is 267 g/mol. The van der Waals surface area contributed by atoms with Gasteiger partial charge >= 0.3 is 0 Å². The second-order valence-electron chi connectivity index (χ2n) is 4.92. The second-order valence-corrected chi connectivity index (χ2v) is 4.92. The fourth-order valence-electron chi connectivity index (χ4n) is 2.61. The van der Waals surface area contributed by atoms with Crippen molar-refractivity contribution in [3.05, 3.63) is 36.4 Å². The molecule has 0 radical (unpaired) electrons. The molecule has 2 aromatic rings. The third-order valence-electron chi connectivity index (χ3n) is 3.37. The summed E-state index contributed by atoms with van der Waals surface area (Å²) in [7, 11) is 0. The number of amides is 1. The third kappa shape index (κ3) is 2.03. The molecule has 1 aliphatic rings. The molecule has 0 bridgehead atoms. The first-order valence-electron chi connectivity index (χ1n) is 6.86. The predicted molar refractivity (Wildman–Crippen MR) is 82.5 cm³/mol. The van der Waals surface area contributed by atoms with E-state index in [4.69, 9.17) is 0 Å². The standard InChI is InChI=1S/C16H17N3O/c1-3-10-19-14-9-5-7-12-6-4-8-13(15(12)14)18-16(19)17-11(2)20/h4-9H,3,10H2,1-2H3,(H,17,18,20).